The maximum absolute atomic E-state index is 5.67. The summed E-state index contributed by atoms with van der Waals surface area (Å²) in [7, 11) is 0. The molecule has 1 aliphatic heterocycles. The van der Waals surface area contributed by atoms with Gasteiger partial charge in [-0.1, -0.05) is 18.2 Å². The van der Waals surface area contributed by atoms with Crippen LogP contribution in [0.15, 0.2) is 35.7 Å². The van der Waals surface area contributed by atoms with Gasteiger partial charge in [0.15, 0.2) is 5.13 Å². The Kier molecular flexibility index (Phi) is 3.06. The minimum Gasteiger partial charge on any atom is -0.375 e. The average Bonchev–Trinajstić information content (AvgIpc) is 2.87. The first-order chi connectivity index (χ1) is 8.83. The van der Waals surface area contributed by atoms with E-state index in [0.717, 1.165) is 32.0 Å². The monoisotopic (exact) mass is 260 g/mol. The highest BCUT2D eigenvalue weighted by Gasteiger charge is 2.18. The minimum atomic E-state index is 0.649. The van der Waals surface area contributed by atoms with Crippen molar-refractivity contribution in [2.75, 3.05) is 41.7 Å². The van der Waals surface area contributed by atoms with E-state index >= 15 is 0 Å². The zero-order valence-electron chi connectivity index (χ0n) is 10.1. The lowest BCUT2D eigenvalue weighted by atomic mass is 10.2. The Morgan fingerprint density at radius 2 is 1.67 bits per heavy atom. The molecule has 1 aliphatic rings. The van der Waals surface area contributed by atoms with Gasteiger partial charge in [0, 0.05) is 37.2 Å². The lowest BCUT2D eigenvalue weighted by molar-refractivity contribution is 0.649. The number of piperazine rings is 1. The molecule has 0 radical (unpaired) electrons. The molecule has 1 saturated heterocycles. The average molecular weight is 260 g/mol. The molecule has 0 aliphatic carbocycles. The molecule has 0 spiro atoms. The van der Waals surface area contributed by atoms with Crippen LogP contribution in [0.25, 0.3) is 0 Å². The molecule has 18 heavy (non-hydrogen) atoms. The van der Waals surface area contributed by atoms with E-state index in [1.807, 2.05) is 5.38 Å². The number of para-hydroxylation sites is 1. The molecule has 3 rings (SSSR count). The first-order valence-corrected chi connectivity index (χ1v) is 6.97. The molecule has 1 fully saturated rings. The molecule has 0 atom stereocenters. The van der Waals surface area contributed by atoms with Gasteiger partial charge in [0.2, 0.25) is 0 Å². The van der Waals surface area contributed by atoms with Crippen molar-refractivity contribution >= 4 is 28.0 Å². The maximum atomic E-state index is 5.67. The quantitative estimate of drug-likeness (QED) is 0.897. The van der Waals surface area contributed by atoms with Crippen molar-refractivity contribution in [3.63, 3.8) is 0 Å². The second kappa shape index (κ2) is 4.86. The smallest absolute Gasteiger partial charge is 0.182 e. The lowest BCUT2D eigenvalue weighted by Crippen LogP contribution is -2.46. The topological polar surface area (TPSA) is 45.4 Å². The zero-order chi connectivity index (χ0) is 12.4. The van der Waals surface area contributed by atoms with Crippen LogP contribution in [0.5, 0.6) is 0 Å². The molecule has 1 aromatic heterocycles. The Balaban J connectivity index is 1.65. The predicted molar refractivity (Wildman–Crippen MR) is 77.4 cm³/mol. The van der Waals surface area contributed by atoms with Gasteiger partial charge in [0.25, 0.3) is 0 Å². The summed E-state index contributed by atoms with van der Waals surface area (Å²) in [6.07, 6.45) is 0. The highest BCUT2D eigenvalue weighted by molar-refractivity contribution is 7.13. The highest BCUT2D eigenvalue weighted by Crippen LogP contribution is 2.22. The first-order valence-electron chi connectivity index (χ1n) is 6.09. The Morgan fingerprint density at radius 1 is 1.00 bits per heavy atom. The van der Waals surface area contributed by atoms with Gasteiger partial charge in [0.1, 0.15) is 5.82 Å². The van der Waals surface area contributed by atoms with Gasteiger partial charge in [-0.15, -0.1) is 11.3 Å². The number of anilines is 3. The van der Waals surface area contributed by atoms with E-state index in [1.54, 1.807) is 0 Å². The SMILES string of the molecule is Nc1nc(N2CCN(c3ccccc3)CC2)cs1. The van der Waals surface area contributed by atoms with Crippen LogP contribution in [0.4, 0.5) is 16.6 Å². The van der Waals surface area contributed by atoms with Crippen LogP contribution >= 0.6 is 11.3 Å². The molecular weight excluding hydrogens is 244 g/mol. The molecule has 2 N–H and O–H groups in total. The number of hydrogen-bond acceptors (Lipinski definition) is 5. The Bertz CT molecular complexity index is 503. The summed E-state index contributed by atoms with van der Waals surface area (Å²) in [4.78, 5) is 9.04. The van der Waals surface area contributed by atoms with Crippen LogP contribution in [0.3, 0.4) is 0 Å². The van der Waals surface area contributed by atoms with Crippen molar-refractivity contribution in [1.29, 1.82) is 0 Å². The van der Waals surface area contributed by atoms with Gasteiger partial charge in [-0.05, 0) is 12.1 Å². The van der Waals surface area contributed by atoms with Crippen molar-refractivity contribution in [2.45, 2.75) is 0 Å². The summed E-state index contributed by atoms with van der Waals surface area (Å²) in [5.41, 5.74) is 6.97. The third-order valence-electron chi connectivity index (χ3n) is 3.23. The van der Waals surface area contributed by atoms with E-state index in [0.29, 0.717) is 5.13 Å². The normalized spacial score (nSPS) is 16.0. The fraction of sp³-hybridized carbons (Fsp3) is 0.308. The molecule has 5 heteroatoms. The molecule has 0 bridgehead atoms. The van der Waals surface area contributed by atoms with Gasteiger partial charge in [-0.25, -0.2) is 4.98 Å². The number of benzene rings is 1. The number of hydrogen-bond donors (Lipinski definition) is 1. The van der Waals surface area contributed by atoms with Gasteiger partial charge < -0.3 is 15.5 Å². The molecule has 94 valence electrons. The van der Waals surface area contributed by atoms with Crippen LogP contribution in [-0.4, -0.2) is 31.2 Å². The number of rotatable bonds is 2. The summed E-state index contributed by atoms with van der Waals surface area (Å²) in [6.45, 7) is 4.05. The third kappa shape index (κ3) is 2.26. The van der Waals surface area contributed by atoms with Crippen LogP contribution in [0.2, 0.25) is 0 Å². The van der Waals surface area contributed by atoms with Crippen molar-refractivity contribution in [3.05, 3.63) is 35.7 Å². The molecule has 4 nitrogen and oxygen atoms in total. The number of nitrogen functional groups attached to an aromatic ring is 1. The van der Waals surface area contributed by atoms with Crippen molar-refractivity contribution in [3.8, 4) is 0 Å². The third-order valence-corrected chi connectivity index (χ3v) is 3.90. The molecule has 1 aromatic carbocycles. The second-order valence-electron chi connectivity index (χ2n) is 4.35. The summed E-state index contributed by atoms with van der Waals surface area (Å²) in [5, 5.41) is 2.68. The minimum absolute atomic E-state index is 0.649. The Hall–Kier alpha value is -1.75. The van der Waals surface area contributed by atoms with Gasteiger partial charge in [-0.3, -0.25) is 0 Å². The molecule has 0 unspecified atom stereocenters. The predicted octanol–water partition coefficient (Wildman–Crippen LogP) is 2.05. The first kappa shape index (κ1) is 11.3. The van der Waals surface area contributed by atoms with E-state index < -0.39 is 0 Å². The van der Waals surface area contributed by atoms with Gasteiger partial charge in [0.05, 0.1) is 0 Å². The number of nitrogens with zero attached hydrogens (tertiary/aromatic N) is 3. The van der Waals surface area contributed by atoms with Crippen molar-refractivity contribution in [1.82, 2.24) is 4.98 Å². The maximum Gasteiger partial charge on any atom is 0.182 e. The molecule has 0 amide bonds. The number of nitrogens with two attached hydrogens (primary N) is 1. The summed E-state index contributed by atoms with van der Waals surface area (Å²) in [5.74, 6) is 1.02. The van der Waals surface area contributed by atoms with Crippen molar-refractivity contribution < 1.29 is 0 Å². The fourth-order valence-electron chi connectivity index (χ4n) is 2.26. The van der Waals surface area contributed by atoms with Crippen molar-refractivity contribution in [2.24, 2.45) is 0 Å². The number of aromatic nitrogens is 1. The van der Waals surface area contributed by atoms with Crippen LogP contribution in [-0.2, 0) is 0 Å². The summed E-state index contributed by atoms with van der Waals surface area (Å²) in [6, 6.07) is 10.6. The zero-order valence-corrected chi connectivity index (χ0v) is 10.9. The van der Waals surface area contributed by atoms with E-state index in [2.05, 4.69) is 45.1 Å². The van der Waals surface area contributed by atoms with Gasteiger partial charge >= 0.3 is 0 Å². The Morgan fingerprint density at radius 3 is 2.28 bits per heavy atom. The second-order valence-corrected chi connectivity index (χ2v) is 5.24. The standard InChI is InChI=1S/C13H16N4S/c14-13-15-12(10-18-13)17-8-6-16(7-9-17)11-4-2-1-3-5-11/h1-5,10H,6-9H2,(H2,14,15). The molecule has 2 aromatic rings. The molecule has 2 heterocycles. The molecular formula is C13H16N4S. The van der Waals surface area contributed by atoms with E-state index in [9.17, 15) is 0 Å². The summed E-state index contributed by atoms with van der Waals surface area (Å²) >= 11 is 1.51. The van der Waals surface area contributed by atoms with Crippen LogP contribution in [0.1, 0.15) is 0 Å². The summed E-state index contributed by atoms with van der Waals surface area (Å²) < 4.78 is 0. The van der Waals surface area contributed by atoms with E-state index in [4.69, 9.17) is 5.73 Å². The van der Waals surface area contributed by atoms with E-state index in [1.165, 1.54) is 17.0 Å². The van der Waals surface area contributed by atoms with Crippen LogP contribution < -0.4 is 15.5 Å². The number of thiazole rings is 1. The largest absolute Gasteiger partial charge is 0.375 e. The van der Waals surface area contributed by atoms with Crippen LogP contribution in [0, 0.1) is 0 Å². The lowest BCUT2D eigenvalue weighted by Gasteiger charge is -2.36. The highest BCUT2D eigenvalue weighted by atomic mass is 32.1. The Labute approximate surface area is 111 Å². The molecule has 0 saturated carbocycles. The van der Waals surface area contributed by atoms with Gasteiger partial charge in [-0.2, -0.15) is 0 Å². The fourth-order valence-corrected chi connectivity index (χ4v) is 2.83. The van der Waals surface area contributed by atoms with E-state index in [-0.39, 0.29) is 0 Å².